The van der Waals surface area contributed by atoms with Gasteiger partial charge >= 0.3 is 0 Å². The molecule has 3 rings (SSSR count). The third kappa shape index (κ3) is 2.99. The monoisotopic (exact) mass is 302 g/mol. The van der Waals surface area contributed by atoms with E-state index in [0.717, 1.165) is 10.8 Å². The van der Waals surface area contributed by atoms with Crippen LogP contribution < -0.4 is 10.1 Å². The number of nitrogens with zero attached hydrogens (tertiary/aromatic N) is 1. The Bertz CT molecular complexity index is 926. The van der Waals surface area contributed by atoms with Gasteiger partial charge in [0.15, 0.2) is 0 Å². The van der Waals surface area contributed by atoms with Crippen LogP contribution in [0.1, 0.15) is 15.9 Å². The van der Waals surface area contributed by atoms with Crippen molar-refractivity contribution >= 4 is 22.4 Å². The number of anilines is 1. The molecule has 0 aliphatic heterocycles. The molecule has 1 amide bonds. The minimum Gasteiger partial charge on any atom is -0.496 e. The fourth-order valence-electron chi connectivity index (χ4n) is 2.43. The van der Waals surface area contributed by atoms with Crippen molar-refractivity contribution in [2.75, 3.05) is 12.4 Å². The molecule has 0 heterocycles. The Labute approximate surface area is 133 Å². The molecule has 0 saturated carbocycles. The van der Waals surface area contributed by atoms with Crippen LogP contribution in [0.3, 0.4) is 0 Å². The molecule has 112 valence electrons. The van der Waals surface area contributed by atoms with Crippen LogP contribution in [-0.4, -0.2) is 13.0 Å². The smallest absolute Gasteiger partial charge is 0.259 e. The highest BCUT2D eigenvalue weighted by Gasteiger charge is 2.14. The quantitative estimate of drug-likeness (QED) is 0.796. The van der Waals surface area contributed by atoms with E-state index in [1.54, 1.807) is 30.3 Å². The first-order valence-corrected chi connectivity index (χ1v) is 7.09. The molecule has 4 nitrogen and oxygen atoms in total. The van der Waals surface area contributed by atoms with Crippen molar-refractivity contribution in [2.24, 2.45) is 0 Å². The van der Waals surface area contributed by atoms with Crippen molar-refractivity contribution < 1.29 is 9.53 Å². The third-order valence-corrected chi connectivity index (χ3v) is 3.56. The summed E-state index contributed by atoms with van der Waals surface area (Å²) >= 11 is 0. The fourth-order valence-corrected chi connectivity index (χ4v) is 2.43. The molecule has 0 aliphatic rings. The van der Waals surface area contributed by atoms with E-state index in [2.05, 4.69) is 11.4 Å². The van der Waals surface area contributed by atoms with Gasteiger partial charge in [-0.2, -0.15) is 5.26 Å². The molecule has 3 aromatic carbocycles. The lowest BCUT2D eigenvalue weighted by molar-refractivity contribution is 0.102. The van der Waals surface area contributed by atoms with Crippen molar-refractivity contribution in [2.45, 2.75) is 0 Å². The second kappa shape index (κ2) is 6.20. The molecule has 0 unspecified atom stereocenters. The van der Waals surface area contributed by atoms with Crippen molar-refractivity contribution in [1.29, 1.82) is 5.26 Å². The number of ether oxygens (including phenoxy) is 1. The van der Waals surface area contributed by atoms with Crippen LogP contribution in [0.4, 0.5) is 5.69 Å². The summed E-state index contributed by atoms with van der Waals surface area (Å²) in [6.45, 7) is 0. The SMILES string of the molecule is COc1cc2ccccc2cc1C(=O)Nc1cccc(C#N)c1. The van der Waals surface area contributed by atoms with Crippen LogP contribution in [0.15, 0.2) is 60.7 Å². The molecule has 0 atom stereocenters. The van der Waals surface area contributed by atoms with Crippen LogP contribution >= 0.6 is 0 Å². The Hall–Kier alpha value is -3.32. The molecule has 0 spiro atoms. The Balaban J connectivity index is 1.98. The summed E-state index contributed by atoms with van der Waals surface area (Å²) in [7, 11) is 1.54. The average Bonchev–Trinajstić information content (AvgIpc) is 2.60. The highest BCUT2D eigenvalue weighted by atomic mass is 16.5. The Morgan fingerprint density at radius 2 is 1.78 bits per heavy atom. The van der Waals surface area contributed by atoms with E-state index in [1.165, 1.54) is 7.11 Å². The Morgan fingerprint density at radius 1 is 1.04 bits per heavy atom. The van der Waals surface area contributed by atoms with Crippen LogP contribution in [0, 0.1) is 11.3 Å². The summed E-state index contributed by atoms with van der Waals surface area (Å²) in [5.74, 6) is 0.236. The molecular weight excluding hydrogens is 288 g/mol. The van der Waals surface area contributed by atoms with Gasteiger partial charge in [0.25, 0.3) is 5.91 Å². The lowest BCUT2D eigenvalue weighted by atomic mass is 10.1. The Morgan fingerprint density at radius 3 is 2.48 bits per heavy atom. The standard InChI is InChI=1S/C19H14N2O2/c1-23-18-11-15-7-3-2-6-14(15)10-17(18)19(22)21-16-8-4-5-13(9-16)12-20/h2-11H,1H3,(H,21,22). The molecule has 4 heteroatoms. The molecule has 0 bridgehead atoms. The average molecular weight is 302 g/mol. The van der Waals surface area contributed by atoms with E-state index in [0.29, 0.717) is 22.6 Å². The number of nitrogens with one attached hydrogen (secondary N) is 1. The maximum atomic E-state index is 12.6. The summed E-state index contributed by atoms with van der Waals surface area (Å²) in [5.41, 5.74) is 1.52. The number of rotatable bonds is 3. The largest absolute Gasteiger partial charge is 0.496 e. The number of nitriles is 1. The number of amides is 1. The molecule has 1 N–H and O–H groups in total. The van der Waals surface area contributed by atoms with Crippen molar-refractivity contribution in [1.82, 2.24) is 0 Å². The number of fused-ring (bicyclic) bond motifs is 1. The van der Waals surface area contributed by atoms with E-state index in [1.807, 2.05) is 30.3 Å². The van der Waals surface area contributed by atoms with Gasteiger partial charge in [0.1, 0.15) is 5.75 Å². The molecule has 23 heavy (non-hydrogen) atoms. The molecule has 3 aromatic rings. The molecule has 0 radical (unpaired) electrons. The van der Waals surface area contributed by atoms with Crippen LogP contribution in [0.5, 0.6) is 5.75 Å². The van der Waals surface area contributed by atoms with Crippen molar-refractivity contribution in [3.63, 3.8) is 0 Å². The predicted octanol–water partition coefficient (Wildman–Crippen LogP) is 3.97. The first kappa shape index (κ1) is 14.6. The zero-order valence-electron chi connectivity index (χ0n) is 12.5. The molecule has 0 fully saturated rings. The minimum atomic E-state index is -0.275. The number of hydrogen-bond acceptors (Lipinski definition) is 3. The van der Waals surface area contributed by atoms with E-state index in [9.17, 15) is 4.79 Å². The summed E-state index contributed by atoms with van der Waals surface area (Å²) in [4.78, 5) is 12.6. The molecule has 0 aliphatic carbocycles. The predicted molar refractivity (Wildman–Crippen MR) is 89.6 cm³/mol. The molecule has 0 aromatic heterocycles. The molecular formula is C19H14N2O2. The van der Waals surface area contributed by atoms with Gasteiger partial charge in [0.2, 0.25) is 0 Å². The first-order chi connectivity index (χ1) is 11.2. The molecule has 0 saturated heterocycles. The van der Waals surface area contributed by atoms with Crippen LogP contribution in [-0.2, 0) is 0 Å². The maximum absolute atomic E-state index is 12.6. The van der Waals surface area contributed by atoms with E-state index in [-0.39, 0.29) is 5.91 Å². The van der Waals surface area contributed by atoms with Crippen molar-refractivity contribution in [3.8, 4) is 11.8 Å². The number of benzene rings is 3. The van der Waals surface area contributed by atoms with Gasteiger partial charge in [-0.05, 0) is 41.1 Å². The van der Waals surface area contributed by atoms with Gasteiger partial charge in [-0.3, -0.25) is 4.79 Å². The highest BCUT2D eigenvalue weighted by Crippen LogP contribution is 2.26. The summed E-state index contributed by atoms with van der Waals surface area (Å²) < 4.78 is 5.34. The van der Waals surface area contributed by atoms with Gasteiger partial charge in [-0.15, -0.1) is 0 Å². The number of carbonyl (C=O) groups excluding carboxylic acids is 1. The van der Waals surface area contributed by atoms with Gasteiger partial charge in [0.05, 0.1) is 24.3 Å². The first-order valence-electron chi connectivity index (χ1n) is 7.09. The van der Waals surface area contributed by atoms with Gasteiger partial charge in [-0.1, -0.05) is 30.3 Å². The number of methoxy groups -OCH3 is 1. The lowest BCUT2D eigenvalue weighted by Crippen LogP contribution is -2.13. The van der Waals surface area contributed by atoms with Crippen LogP contribution in [0.2, 0.25) is 0 Å². The number of carbonyl (C=O) groups is 1. The second-order valence-electron chi connectivity index (χ2n) is 5.05. The van der Waals surface area contributed by atoms with E-state index in [4.69, 9.17) is 10.00 Å². The van der Waals surface area contributed by atoms with Crippen molar-refractivity contribution in [3.05, 3.63) is 71.8 Å². The lowest BCUT2D eigenvalue weighted by Gasteiger charge is -2.11. The zero-order chi connectivity index (χ0) is 16.2. The van der Waals surface area contributed by atoms with Gasteiger partial charge < -0.3 is 10.1 Å². The summed E-state index contributed by atoms with van der Waals surface area (Å²) in [6.07, 6.45) is 0. The van der Waals surface area contributed by atoms with Crippen LogP contribution in [0.25, 0.3) is 10.8 Å². The second-order valence-corrected chi connectivity index (χ2v) is 5.05. The summed E-state index contributed by atoms with van der Waals surface area (Å²) in [5, 5.41) is 13.7. The maximum Gasteiger partial charge on any atom is 0.259 e. The van der Waals surface area contributed by atoms with Gasteiger partial charge in [-0.25, -0.2) is 0 Å². The van der Waals surface area contributed by atoms with Gasteiger partial charge in [0, 0.05) is 5.69 Å². The summed E-state index contributed by atoms with van der Waals surface area (Å²) in [6, 6.07) is 20.3. The minimum absolute atomic E-state index is 0.275. The fraction of sp³-hybridized carbons (Fsp3) is 0.0526. The third-order valence-electron chi connectivity index (χ3n) is 3.56. The zero-order valence-corrected chi connectivity index (χ0v) is 12.5. The van der Waals surface area contributed by atoms with E-state index < -0.39 is 0 Å². The number of hydrogen-bond donors (Lipinski definition) is 1. The normalized spacial score (nSPS) is 10.1. The Kier molecular flexibility index (Phi) is 3.94. The highest BCUT2D eigenvalue weighted by molar-refractivity contribution is 6.08. The van der Waals surface area contributed by atoms with E-state index >= 15 is 0 Å². The topological polar surface area (TPSA) is 62.1 Å².